The normalized spacial score (nSPS) is 10.7. The minimum atomic E-state index is -0.697. The Morgan fingerprint density at radius 2 is 1.56 bits per heavy atom. The summed E-state index contributed by atoms with van der Waals surface area (Å²) >= 11 is 5.86. The van der Waals surface area contributed by atoms with Crippen molar-refractivity contribution in [2.75, 3.05) is 10.6 Å². The molecule has 3 aromatic carbocycles. The van der Waals surface area contributed by atoms with Gasteiger partial charge in [0, 0.05) is 10.7 Å². The van der Waals surface area contributed by atoms with Crippen LogP contribution in [0.25, 0.3) is 10.9 Å². The van der Waals surface area contributed by atoms with Crippen molar-refractivity contribution >= 4 is 45.7 Å². The molecular formula is C23H17ClN4O4. The molecule has 160 valence electrons. The monoisotopic (exact) mass is 448 g/mol. The van der Waals surface area contributed by atoms with Gasteiger partial charge in [-0.25, -0.2) is 4.79 Å². The SMILES string of the molecule is O=C(Cn1c(=O)[nH]c2ccccc2c1=O)Nc1ccccc1C(=O)Nc1ccc(Cl)cc1. The molecule has 0 atom stereocenters. The third kappa shape index (κ3) is 4.45. The van der Waals surface area contributed by atoms with Gasteiger partial charge in [-0.1, -0.05) is 35.9 Å². The Hall–Kier alpha value is -4.17. The highest BCUT2D eigenvalue weighted by atomic mass is 35.5. The minimum Gasteiger partial charge on any atom is -0.324 e. The zero-order valence-corrected chi connectivity index (χ0v) is 17.3. The van der Waals surface area contributed by atoms with E-state index in [0.29, 0.717) is 21.6 Å². The molecule has 0 unspecified atom stereocenters. The molecule has 0 fully saturated rings. The zero-order valence-electron chi connectivity index (χ0n) is 16.6. The van der Waals surface area contributed by atoms with Crippen LogP contribution < -0.4 is 21.9 Å². The highest BCUT2D eigenvalue weighted by molar-refractivity contribution is 6.30. The third-order valence-electron chi connectivity index (χ3n) is 4.74. The lowest BCUT2D eigenvalue weighted by Gasteiger charge is -2.12. The summed E-state index contributed by atoms with van der Waals surface area (Å²) in [5.41, 5.74) is 0.119. The first-order valence-electron chi connectivity index (χ1n) is 9.60. The Kier molecular flexibility index (Phi) is 5.87. The van der Waals surface area contributed by atoms with Crippen LogP contribution in [0.3, 0.4) is 0 Å². The quantitative estimate of drug-likeness (QED) is 0.435. The number of hydrogen-bond donors (Lipinski definition) is 3. The van der Waals surface area contributed by atoms with Crippen LogP contribution in [0.4, 0.5) is 11.4 Å². The second-order valence-corrected chi connectivity index (χ2v) is 7.36. The fourth-order valence-electron chi connectivity index (χ4n) is 3.20. The number of para-hydroxylation sites is 2. The van der Waals surface area contributed by atoms with E-state index >= 15 is 0 Å². The molecule has 1 aromatic heterocycles. The van der Waals surface area contributed by atoms with Crippen LogP contribution in [0.1, 0.15) is 10.4 Å². The van der Waals surface area contributed by atoms with Gasteiger partial charge in [0.15, 0.2) is 0 Å². The molecule has 0 spiro atoms. The van der Waals surface area contributed by atoms with Gasteiger partial charge in [0.25, 0.3) is 11.5 Å². The predicted octanol–water partition coefficient (Wildman–Crippen LogP) is 3.23. The van der Waals surface area contributed by atoms with E-state index in [4.69, 9.17) is 11.6 Å². The first-order valence-corrected chi connectivity index (χ1v) is 9.98. The van der Waals surface area contributed by atoms with Gasteiger partial charge < -0.3 is 15.6 Å². The van der Waals surface area contributed by atoms with Gasteiger partial charge in [-0.15, -0.1) is 0 Å². The van der Waals surface area contributed by atoms with Crippen molar-refractivity contribution in [3.63, 3.8) is 0 Å². The molecule has 4 aromatic rings. The zero-order chi connectivity index (χ0) is 22.7. The second kappa shape index (κ2) is 8.91. The van der Waals surface area contributed by atoms with Gasteiger partial charge in [0.1, 0.15) is 6.54 Å². The first kappa shape index (κ1) is 21.1. The molecule has 0 aliphatic carbocycles. The van der Waals surface area contributed by atoms with E-state index in [2.05, 4.69) is 15.6 Å². The minimum absolute atomic E-state index is 0.218. The van der Waals surface area contributed by atoms with E-state index in [1.165, 1.54) is 0 Å². The summed E-state index contributed by atoms with van der Waals surface area (Å²) in [5, 5.41) is 6.16. The number of anilines is 2. The highest BCUT2D eigenvalue weighted by Gasteiger charge is 2.16. The lowest BCUT2D eigenvalue weighted by molar-refractivity contribution is -0.116. The van der Waals surface area contributed by atoms with E-state index in [1.807, 2.05) is 0 Å². The molecule has 0 aliphatic rings. The second-order valence-electron chi connectivity index (χ2n) is 6.92. The summed E-state index contributed by atoms with van der Waals surface area (Å²) in [6, 6.07) is 19.6. The number of halogens is 1. The van der Waals surface area contributed by atoms with Crippen LogP contribution in [-0.2, 0) is 11.3 Å². The summed E-state index contributed by atoms with van der Waals surface area (Å²) in [6.07, 6.45) is 0. The average molecular weight is 449 g/mol. The summed E-state index contributed by atoms with van der Waals surface area (Å²) in [4.78, 5) is 52.8. The topological polar surface area (TPSA) is 113 Å². The Bertz CT molecular complexity index is 1440. The van der Waals surface area contributed by atoms with Crippen molar-refractivity contribution in [2.45, 2.75) is 6.54 Å². The lowest BCUT2D eigenvalue weighted by Crippen LogP contribution is -2.38. The van der Waals surface area contributed by atoms with E-state index in [0.717, 1.165) is 4.57 Å². The third-order valence-corrected chi connectivity index (χ3v) is 4.99. The van der Waals surface area contributed by atoms with Gasteiger partial charge in [-0.2, -0.15) is 0 Å². The number of carbonyl (C=O) groups excluding carboxylic acids is 2. The van der Waals surface area contributed by atoms with E-state index in [-0.39, 0.29) is 11.3 Å². The van der Waals surface area contributed by atoms with Crippen molar-refractivity contribution < 1.29 is 9.59 Å². The van der Waals surface area contributed by atoms with Crippen molar-refractivity contribution in [2.24, 2.45) is 0 Å². The number of carbonyl (C=O) groups is 2. The number of aromatic amines is 1. The fourth-order valence-corrected chi connectivity index (χ4v) is 3.32. The standard InChI is InChI=1S/C23H17ClN4O4/c24-14-9-11-15(12-10-14)25-21(30)16-5-1-3-7-18(16)26-20(29)13-28-22(31)17-6-2-4-8-19(17)27-23(28)32/h1-12H,13H2,(H,25,30)(H,26,29)(H,27,32). The van der Waals surface area contributed by atoms with Gasteiger partial charge in [0.05, 0.1) is 22.2 Å². The number of H-pyrrole nitrogens is 1. The average Bonchev–Trinajstić information content (AvgIpc) is 2.78. The molecule has 0 saturated carbocycles. The maximum absolute atomic E-state index is 12.7. The molecule has 0 saturated heterocycles. The predicted molar refractivity (Wildman–Crippen MR) is 123 cm³/mol. The molecule has 0 bridgehead atoms. The maximum Gasteiger partial charge on any atom is 0.329 e. The number of amides is 2. The largest absolute Gasteiger partial charge is 0.329 e. The molecule has 0 aliphatic heterocycles. The van der Waals surface area contributed by atoms with E-state index in [1.54, 1.807) is 72.8 Å². The molecule has 4 rings (SSSR count). The molecule has 9 heteroatoms. The maximum atomic E-state index is 12.7. The molecule has 8 nitrogen and oxygen atoms in total. The molecular weight excluding hydrogens is 432 g/mol. The highest BCUT2D eigenvalue weighted by Crippen LogP contribution is 2.19. The van der Waals surface area contributed by atoms with Gasteiger partial charge in [0.2, 0.25) is 5.91 Å². The van der Waals surface area contributed by atoms with Gasteiger partial charge >= 0.3 is 5.69 Å². The molecule has 0 radical (unpaired) electrons. The number of fused-ring (bicyclic) bond motifs is 1. The Balaban J connectivity index is 1.55. The summed E-state index contributed by atoms with van der Waals surface area (Å²) < 4.78 is 0.814. The summed E-state index contributed by atoms with van der Waals surface area (Å²) in [6.45, 7) is -0.508. The van der Waals surface area contributed by atoms with Crippen LogP contribution in [0.2, 0.25) is 5.02 Å². The van der Waals surface area contributed by atoms with E-state index in [9.17, 15) is 19.2 Å². The van der Waals surface area contributed by atoms with Crippen molar-refractivity contribution in [3.05, 3.63) is 104 Å². The van der Waals surface area contributed by atoms with Crippen LogP contribution in [0.15, 0.2) is 82.4 Å². The number of hydrogen-bond acceptors (Lipinski definition) is 4. The van der Waals surface area contributed by atoms with E-state index < -0.39 is 29.6 Å². The summed E-state index contributed by atoms with van der Waals surface area (Å²) in [7, 11) is 0. The Labute approximate surface area is 186 Å². The number of nitrogens with one attached hydrogen (secondary N) is 3. The van der Waals surface area contributed by atoms with Crippen molar-refractivity contribution in [1.29, 1.82) is 0 Å². The van der Waals surface area contributed by atoms with Gasteiger partial charge in [-0.3, -0.25) is 19.0 Å². The van der Waals surface area contributed by atoms with Crippen LogP contribution in [0, 0.1) is 0 Å². The smallest absolute Gasteiger partial charge is 0.324 e. The number of rotatable bonds is 5. The molecule has 3 N–H and O–H groups in total. The summed E-state index contributed by atoms with van der Waals surface area (Å²) in [5.74, 6) is -1.07. The number of aromatic nitrogens is 2. The lowest BCUT2D eigenvalue weighted by atomic mass is 10.1. The van der Waals surface area contributed by atoms with Gasteiger partial charge in [-0.05, 0) is 48.5 Å². The number of nitrogens with zero attached hydrogens (tertiary/aromatic N) is 1. The van der Waals surface area contributed by atoms with Crippen LogP contribution in [0.5, 0.6) is 0 Å². The first-order chi connectivity index (χ1) is 15.4. The molecule has 2 amide bonds. The molecule has 32 heavy (non-hydrogen) atoms. The fraction of sp³-hybridized carbons (Fsp3) is 0.0435. The Morgan fingerprint density at radius 3 is 2.34 bits per heavy atom. The van der Waals surface area contributed by atoms with Crippen LogP contribution in [-0.4, -0.2) is 21.4 Å². The molecule has 1 heterocycles. The van der Waals surface area contributed by atoms with Crippen molar-refractivity contribution in [3.8, 4) is 0 Å². The van der Waals surface area contributed by atoms with Crippen LogP contribution >= 0.6 is 11.6 Å². The number of benzene rings is 3. The van der Waals surface area contributed by atoms with Crippen molar-refractivity contribution in [1.82, 2.24) is 9.55 Å². The Morgan fingerprint density at radius 1 is 0.875 bits per heavy atom.